The highest BCUT2D eigenvalue weighted by molar-refractivity contribution is 5.88. The molecule has 2 nitrogen and oxygen atoms in total. The van der Waals surface area contributed by atoms with Crippen LogP contribution in [0, 0.1) is 6.92 Å². The SMILES string of the molecule is CC(=O)CCC(C)=Nc1ccccc1C. The smallest absolute Gasteiger partial charge is 0.130 e. The number of nitrogens with zero attached hydrogens (tertiary/aromatic N) is 1. The molecule has 0 aliphatic rings. The summed E-state index contributed by atoms with van der Waals surface area (Å²) in [5, 5.41) is 0. The first-order chi connectivity index (χ1) is 7.09. The third kappa shape index (κ3) is 4.07. The Bertz CT molecular complexity index is 380. The monoisotopic (exact) mass is 203 g/mol. The molecule has 0 heterocycles. The maximum absolute atomic E-state index is 10.8. The van der Waals surface area contributed by atoms with Gasteiger partial charge in [0.25, 0.3) is 0 Å². The van der Waals surface area contributed by atoms with Crippen LogP contribution >= 0.6 is 0 Å². The highest BCUT2D eigenvalue weighted by atomic mass is 16.1. The molecule has 0 aliphatic heterocycles. The summed E-state index contributed by atoms with van der Waals surface area (Å²) in [4.78, 5) is 15.3. The molecule has 0 aliphatic carbocycles. The van der Waals surface area contributed by atoms with Crippen LogP contribution in [0.15, 0.2) is 29.3 Å². The number of aliphatic imine (C=N–C) groups is 1. The fourth-order valence-electron chi connectivity index (χ4n) is 1.31. The van der Waals surface area contributed by atoms with Crippen LogP contribution in [0.1, 0.15) is 32.3 Å². The predicted molar refractivity (Wildman–Crippen MR) is 63.9 cm³/mol. The Morgan fingerprint density at radius 3 is 2.47 bits per heavy atom. The van der Waals surface area contributed by atoms with Crippen molar-refractivity contribution >= 4 is 17.2 Å². The summed E-state index contributed by atoms with van der Waals surface area (Å²) >= 11 is 0. The van der Waals surface area contributed by atoms with E-state index in [0.29, 0.717) is 6.42 Å². The zero-order valence-electron chi connectivity index (χ0n) is 9.58. The molecule has 2 heteroatoms. The second kappa shape index (κ2) is 5.44. The summed E-state index contributed by atoms with van der Waals surface area (Å²) in [5.41, 5.74) is 3.18. The van der Waals surface area contributed by atoms with Crippen LogP contribution in [0.3, 0.4) is 0 Å². The third-order valence-electron chi connectivity index (χ3n) is 2.27. The van der Waals surface area contributed by atoms with E-state index in [2.05, 4.69) is 4.99 Å². The van der Waals surface area contributed by atoms with Crippen LogP contribution in [0.2, 0.25) is 0 Å². The molecular weight excluding hydrogens is 186 g/mol. The lowest BCUT2D eigenvalue weighted by Crippen LogP contribution is -1.96. The number of benzene rings is 1. The second-order valence-corrected chi connectivity index (χ2v) is 3.84. The first-order valence-corrected chi connectivity index (χ1v) is 5.19. The van der Waals surface area contributed by atoms with Crippen molar-refractivity contribution in [3.05, 3.63) is 29.8 Å². The molecule has 0 bridgehead atoms. The molecule has 0 saturated carbocycles. The topological polar surface area (TPSA) is 29.4 Å². The lowest BCUT2D eigenvalue weighted by Gasteiger charge is -2.02. The number of aryl methyl sites for hydroxylation is 1. The first kappa shape index (κ1) is 11.6. The Hall–Kier alpha value is -1.44. The van der Waals surface area contributed by atoms with Crippen LogP contribution in [0.5, 0.6) is 0 Å². The molecule has 80 valence electrons. The van der Waals surface area contributed by atoms with Crippen LogP contribution in [0.25, 0.3) is 0 Å². The molecule has 0 amide bonds. The van der Waals surface area contributed by atoms with Gasteiger partial charge in [0.05, 0.1) is 5.69 Å². The normalized spacial score (nSPS) is 11.5. The molecule has 0 atom stereocenters. The standard InChI is InChI=1S/C13H17NO/c1-10-6-4-5-7-13(10)14-11(2)8-9-12(3)15/h4-7H,8-9H2,1-3H3. The van der Waals surface area contributed by atoms with E-state index >= 15 is 0 Å². The number of hydrogen-bond acceptors (Lipinski definition) is 2. The summed E-state index contributed by atoms with van der Waals surface area (Å²) in [6, 6.07) is 8.01. The molecule has 15 heavy (non-hydrogen) atoms. The first-order valence-electron chi connectivity index (χ1n) is 5.19. The zero-order valence-corrected chi connectivity index (χ0v) is 9.58. The number of carbonyl (C=O) groups excluding carboxylic acids is 1. The zero-order chi connectivity index (χ0) is 11.3. The van der Waals surface area contributed by atoms with Crippen molar-refractivity contribution < 1.29 is 4.79 Å². The molecule has 0 unspecified atom stereocenters. The minimum absolute atomic E-state index is 0.217. The van der Waals surface area contributed by atoms with Gasteiger partial charge in [0.2, 0.25) is 0 Å². The number of carbonyl (C=O) groups is 1. The quantitative estimate of drug-likeness (QED) is 0.689. The molecule has 0 spiro atoms. The molecule has 1 aromatic rings. The van der Waals surface area contributed by atoms with E-state index in [0.717, 1.165) is 17.8 Å². The van der Waals surface area contributed by atoms with Gasteiger partial charge in [-0.25, -0.2) is 0 Å². The van der Waals surface area contributed by atoms with Crippen LogP contribution in [-0.2, 0) is 4.79 Å². The van der Waals surface area contributed by atoms with Gasteiger partial charge in [0.15, 0.2) is 0 Å². The van der Waals surface area contributed by atoms with Crippen molar-refractivity contribution in [2.45, 2.75) is 33.6 Å². The predicted octanol–water partition coefficient (Wildman–Crippen LogP) is 3.46. The Morgan fingerprint density at radius 2 is 1.87 bits per heavy atom. The average Bonchev–Trinajstić information content (AvgIpc) is 2.18. The van der Waals surface area contributed by atoms with Gasteiger partial charge in [0.1, 0.15) is 5.78 Å². The third-order valence-corrected chi connectivity index (χ3v) is 2.27. The molecule has 1 rings (SSSR count). The number of para-hydroxylation sites is 1. The molecule has 1 aromatic carbocycles. The number of Topliss-reactive ketones (excluding diaryl/α,β-unsaturated/α-hetero) is 1. The van der Waals surface area contributed by atoms with Crippen molar-refractivity contribution in [3.63, 3.8) is 0 Å². The lowest BCUT2D eigenvalue weighted by atomic mass is 10.1. The minimum atomic E-state index is 0.217. The fourth-order valence-corrected chi connectivity index (χ4v) is 1.31. The van der Waals surface area contributed by atoms with Gasteiger partial charge in [-0.1, -0.05) is 18.2 Å². The van der Waals surface area contributed by atoms with Crippen molar-refractivity contribution in [1.29, 1.82) is 0 Å². The highest BCUT2D eigenvalue weighted by Gasteiger charge is 1.98. The van der Waals surface area contributed by atoms with Gasteiger partial charge in [0, 0.05) is 12.1 Å². The van der Waals surface area contributed by atoms with E-state index in [4.69, 9.17) is 0 Å². The van der Waals surface area contributed by atoms with Gasteiger partial charge in [-0.3, -0.25) is 4.99 Å². The Labute approximate surface area is 91.0 Å². The van der Waals surface area contributed by atoms with E-state index in [-0.39, 0.29) is 5.78 Å². The van der Waals surface area contributed by atoms with E-state index in [1.807, 2.05) is 38.1 Å². The lowest BCUT2D eigenvalue weighted by molar-refractivity contribution is -0.116. The largest absolute Gasteiger partial charge is 0.300 e. The summed E-state index contributed by atoms with van der Waals surface area (Å²) in [7, 11) is 0. The van der Waals surface area contributed by atoms with E-state index in [9.17, 15) is 4.79 Å². The average molecular weight is 203 g/mol. The van der Waals surface area contributed by atoms with Gasteiger partial charge in [-0.2, -0.15) is 0 Å². The molecular formula is C13H17NO. The van der Waals surface area contributed by atoms with Gasteiger partial charge in [-0.15, -0.1) is 0 Å². The van der Waals surface area contributed by atoms with Crippen LogP contribution in [-0.4, -0.2) is 11.5 Å². The molecule has 0 radical (unpaired) electrons. The summed E-state index contributed by atoms with van der Waals surface area (Å²) in [5.74, 6) is 0.217. The number of hydrogen-bond donors (Lipinski definition) is 0. The Morgan fingerprint density at radius 1 is 1.20 bits per heavy atom. The van der Waals surface area contributed by atoms with Crippen LogP contribution < -0.4 is 0 Å². The fraction of sp³-hybridized carbons (Fsp3) is 0.385. The van der Waals surface area contributed by atoms with Crippen molar-refractivity contribution in [2.75, 3.05) is 0 Å². The molecule has 0 fully saturated rings. The van der Waals surface area contributed by atoms with E-state index in [1.54, 1.807) is 6.92 Å². The van der Waals surface area contributed by atoms with Crippen LogP contribution in [0.4, 0.5) is 5.69 Å². The van der Waals surface area contributed by atoms with Gasteiger partial charge < -0.3 is 4.79 Å². The van der Waals surface area contributed by atoms with Gasteiger partial charge >= 0.3 is 0 Å². The van der Waals surface area contributed by atoms with Crippen molar-refractivity contribution in [1.82, 2.24) is 0 Å². The maximum Gasteiger partial charge on any atom is 0.130 e. The summed E-state index contributed by atoms with van der Waals surface area (Å²) in [6.45, 7) is 5.62. The van der Waals surface area contributed by atoms with Gasteiger partial charge in [-0.05, 0) is 38.8 Å². The summed E-state index contributed by atoms with van der Waals surface area (Å²) < 4.78 is 0. The minimum Gasteiger partial charge on any atom is -0.300 e. The number of rotatable bonds is 4. The maximum atomic E-state index is 10.8. The molecule has 0 saturated heterocycles. The van der Waals surface area contributed by atoms with E-state index in [1.165, 1.54) is 5.56 Å². The molecule has 0 aromatic heterocycles. The summed E-state index contributed by atoms with van der Waals surface area (Å²) in [6.07, 6.45) is 1.34. The van der Waals surface area contributed by atoms with Crippen molar-refractivity contribution in [2.24, 2.45) is 4.99 Å². The Balaban J connectivity index is 2.70. The second-order valence-electron chi connectivity index (χ2n) is 3.84. The van der Waals surface area contributed by atoms with Crippen molar-refractivity contribution in [3.8, 4) is 0 Å². The molecule has 0 N–H and O–H groups in total. The van der Waals surface area contributed by atoms with E-state index < -0.39 is 0 Å². The highest BCUT2D eigenvalue weighted by Crippen LogP contribution is 2.17. The Kier molecular flexibility index (Phi) is 4.22. The number of ketones is 1.